The van der Waals surface area contributed by atoms with Crippen LogP contribution < -0.4 is 26.8 Å². The van der Waals surface area contributed by atoms with Gasteiger partial charge in [-0.25, -0.2) is 4.79 Å². The van der Waals surface area contributed by atoms with Crippen molar-refractivity contribution in [3.05, 3.63) is 50.7 Å². The number of fused-ring (bicyclic) bond motifs is 1. The molecule has 0 bridgehead atoms. The van der Waals surface area contributed by atoms with Gasteiger partial charge in [-0.3, -0.25) is 19.1 Å². The van der Waals surface area contributed by atoms with Crippen molar-refractivity contribution in [2.24, 2.45) is 5.92 Å². The monoisotopic (exact) mass is 427 g/mol. The second-order valence-corrected chi connectivity index (χ2v) is 8.51. The molecule has 1 amide bonds. The number of para-hydroxylation sites is 1. The highest BCUT2D eigenvalue weighted by atomic mass is 16.2. The molecule has 0 unspecified atom stereocenters. The van der Waals surface area contributed by atoms with E-state index in [1.165, 1.54) is 10.1 Å². The number of H-pyrrole nitrogens is 1. The van der Waals surface area contributed by atoms with Gasteiger partial charge in [-0.2, -0.15) is 0 Å². The first-order chi connectivity index (χ1) is 14.8. The molecule has 2 aromatic rings. The maximum absolute atomic E-state index is 13.0. The van der Waals surface area contributed by atoms with E-state index in [4.69, 9.17) is 5.73 Å². The number of carbonyl (C=O) groups is 1. The van der Waals surface area contributed by atoms with Crippen molar-refractivity contribution in [2.75, 3.05) is 35.2 Å². The van der Waals surface area contributed by atoms with Crippen LogP contribution in [0.25, 0.3) is 0 Å². The molecular formula is C23H33N5O3. The Hall–Kier alpha value is -3.03. The first-order valence-electron chi connectivity index (χ1n) is 11.1. The summed E-state index contributed by atoms with van der Waals surface area (Å²) in [6.45, 7) is 8.15. The molecule has 3 N–H and O–H groups in total. The van der Waals surface area contributed by atoms with Gasteiger partial charge in [-0.15, -0.1) is 0 Å². The Morgan fingerprint density at radius 2 is 2.00 bits per heavy atom. The smallest absolute Gasteiger partial charge is 0.330 e. The summed E-state index contributed by atoms with van der Waals surface area (Å²) < 4.78 is 1.42. The van der Waals surface area contributed by atoms with E-state index in [0.29, 0.717) is 26.2 Å². The minimum absolute atomic E-state index is 0.0213. The van der Waals surface area contributed by atoms with Crippen LogP contribution in [0.15, 0.2) is 33.9 Å². The summed E-state index contributed by atoms with van der Waals surface area (Å²) in [4.78, 5) is 44.0. The molecule has 8 heteroatoms. The van der Waals surface area contributed by atoms with Crippen LogP contribution >= 0.6 is 0 Å². The first kappa shape index (κ1) is 22.7. The summed E-state index contributed by atoms with van der Waals surface area (Å²) in [5.74, 6) is 0.437. The van der Waals surface area contributed by atoms with E-state index in [-0.39, 0.29) is 29.8 Å². The zero-order chi connectivity index (χ0) is 22.5. The fourth-order valence-electron chi connectivity index (χ4n) is 4.12. The topological polar surface area (TPSA) is 104 Å². The van der Waals surface area contributed by atoms with Gasteiger partial charge in [-0.1, -0.05) is 45.4 Å². The quantitative estimate of drug-likeness (QED) is 0.639. The van der Waals surface area contributed by atoms with Crippen LogP contribution in [0.2, 0.25) is 0 Å². The molecule has 31 heavy (non-hydrogen) atoms. The number of aromatic amines is 1. The van der Waals surface area contributed by atoms with Gasteiger partial charge in [0.1, 0.15) is 11.5 Å². The molecule has 168 valence electrons. The second-order valence-electron chi connectivity index (χ2n) is 8.51. The molecule has 3 rings (SSSR count). The fraction of sp³-hybridized carbons (Fsp3) is 0.522. The Morgan fingerprint density at radius 3 is 2.71 bits per heavy atom. The number of amides is 1. The highest BCUT2D eigenvalue weighted by molar-refractivity contribution is 5.95. The number of nitrogens with zero attached hydrogens (tertiary/aromatic N) is 3. The highest BCUT2D eigenvalue weighted by Crippen LogP contribution is 2.28. The SMILES string of the molecule is CCCCn1c(N)c(N(CCC(=O)N2CCc3ccccc32)CC(C)C)c(=O)[nH]c1=O. The molecule has 0 saturated carbocycles. The Labute approximate surface area is 182 Å². The molecule has 0 atom stereocenters. The lowest BCUT2D eigenvalue weighted by atomic mass is 10.1. The number of nitrogens with one attached hydrogen (secondary N) is 1. The van der Waals surface area contributed by atoms with Gasteiger partial charge in [0.2, 0.25) is 5.91 Å². The Bertz CT molecular complexity index is 1040. The third-order valence-electron chi connectivity index (χ3n) is 5.63. The number of anilines is 3. The van der Waals surface area contributed by atoms with Gasteiger partial charge in [-0.05, 0) is 30.4 Å². The molecular weight excluding hydrogens is 394 g/mol. The minimum atomic E-state index is -0.505. The molecule has 0 radical (unpaired) electrons. The van der Waals surface area contributed by atoms with Crippen LogP contribution in [0.4, 0.5) is 17.2 Å². The lowest BCUT2D eigenvalue weighted by molar-refractivity contribution is -0.118. The van der Waals surface area contributed by atoms with E-state index in [2.05, 4.69) is 4.98 Å². The zero-order valence-electron chi connectivity index (χ0n) is 18.7. The number of hydrogen-bond donors (Lipinski definition) is 2. The lowest BCUT2D eigenvalue weighted by Gasteiger charge is -2.28. The molecule has 1 aliphatic rings. The van der Waals surface area contributed by atoms with Crippen molar-refractivity contribution in [3.8, 4) is 0 Å². The van der Waals surface area contributed by atoms with Crippen molar-refractivity contribution < 1.29 is 4.79 Å². The number of benzene rings is 1. The number of unbranched alkanes of at least 4 members (excludes halogenated alkanes) is 1. The van der Waals surface area contributed by atoms with Gasteiger partial charge in [0.05, 0.1) is 0 Å². The fourth-order valence-corrected chi connectivity index (χ4v) is 4.12. The minimum Gasteiger partial charge on any atom is -0.383 e. The number of carbonyl (C=O) groups excluding carboxylic acids is 1. The molecule has 0 spiro atoms. The van der Waals surface area contributed by atoms with E-state index in [9.17, 15) is 14.4 Å². The standard InChI is InChI=1S/C23H33N5O3/c1-4-5-12-28-21(24)20(22(30)25-23(28)31)26(15-16(2)3)13-11-19(29)27-14-10-17-8-6-7-9-18(17)27/h6-9,16H,4-5,10-15,24H2,1-3H3,(H,25,30,31). The summed E-state index contributed by atoms with van der Waals surface area (Å²) >= 11 is 0. The van der Waals surface area contributed by atoms with Gasteiger partial charge < -0.3 is 15.5 Å². The second kappa shape index (κ2) is 9.85. The third-order valence-corrected chi connectivity index (χ3v) is 5.63. The van der Waals surface area contributed by atoms with Gasteiger partial charge >= 0.3 is 5.69 Å². The van der Waals surface area contributed by atoms with Crippen LogP contribution in [-0.2, 0) is 17.8 Å². The summed E-state index contributed by atoms with van der Waals surface area (Å²) in [6.07, 6.45) is 2.80. The summed E-state index contributed by atoms with van der Waals surface area (Å²) in [6, 6.07) is 7.95. The molecule has 0 aliphatic carbocycles. The van der Waals surface area contributed by atoms with Crippen LogP contribution in [0.3, 0.4) is 0 Å². The summed E-state index contributed by atoms with van der Waals surface area (Å²) in [7, 11) is 0. The van der Waals surface area contributed by atoms with Gasteiger partial charge in [0, 0.05) is 38.3 Å². The summed E-state index contributed by atoms with van der Waals surface area (Å²) in [5.41, 5.74) is 7.73. The zero-order valence-corrected chi connectivity index (χ0v) is 18.7. The Morgan fingerprint density at radius 1 is 1.26 bits per heavy atom. The maximum atomic E-state index is 13.0. The molecule has 0 saturated heterocycles. The van der Waals surface area contributed by atoms with Crippen LogP contribution in [0.5, 0.6) is 0 Å². The third kappa shape index (κ3) is 5.00. The predicted octanol–water partition coefficient (Wildman–Crippen LogP) is 2.36. The van der Waals surface area contributed by atoms with E-state index in [0.717, 1.165) is 24.9 Å². The van der Waals surface area contributed by atoms with Crippen LogP contribution in [0, 0.1) is 5.92 Å². The molecule has 2 heterocycles. The first-order valence-corrected chi connectivity index (χ1v) is 11.1. The van der Waals surface area contributed by atoms with Gasteiger partial charge in [0.15, 0.2) is 0 Å². The van der Waals surface area contributed by atoms with Crippen molar-refractivity contribution >= 4 is 23.1 Å². The summed E-state index contributed by atoms with van der Waals surface area (Å²) in [5, 5.41) is 0. The maximum Gasteiger partial charge on any atom is 0.330 e. The highest BCUT2D eigenvalue weighted by Gasteiger charge is 2.26. The van der Waals surface area contributed by atoms with Gasteiger partial charge in [0.25, 0.3) is 5.56 Å². The number of hydrogen-bond acceptors (Lipinski definition) is 5. The normalized spacial score (nSPS) is 13.0. The Balaban J connectivity index is 1.84. The van der Waals surface area contributed by atoms with Crippen LogP contribution in [0.1, 0.15) is 45.6 Å². The van der Waals surface area contributed by atoms with E-state index in [1.54, 1.807) is 0 Å². The predicted molar refractivity (Wildman–Crippen MR) is 125 cm³/mol. The van der Waals surface area contributed by atoms with Crippen molar-refractivity contribution in [1.29, 1.82) is 0 Å². The molecule has 1 aromatic heterocycles. The van der Waals surface area contributed by atoms with Crippen molar-refractivity contribution in [3.63, 3.8) is 0 Å². The lowest BCUT2D eigenvalue weighted by Crippen LogP contribution is -2.41. The van der Waals surface area contributed by atoms with Crippen LogP contribution in [-0.4, -0.2) is 35.1 Å². The average Bonchev–Trinajstić information content (AvgIpc) is 3.15. The molecule has 0 fully saturated rings. The van der Waals surface area contributed by atoms with Crippen molar-refractivity contribution in [1.82, 2.24) is 9.55 Å². The number of nitrogen functional groups attached to an aromatic ring is 1. The number of rotatable bonds is 9. The number of nitrogens with two attached hydrogens (primary N) is 1. The van der Waals surface area contributed by atoms with Crippen molar-refractivity contribution in [2.45, 2.75) is 53.0 Å². The van der Waals surface area contributed by atoms with E-state index >= 15 is 0 Å². The Kier molecular flexibility index (Phi) is 7.20. The number of aromatic nitrogens is 2. The molecule has 1 aromatic carbocycles. The molecule has 8 nitrogen and oxygen atoms in total. The molecule has 1 aliphatic heterocycles. The largest absolute Gasteiger partial charge is 0.383 e. The average molecular weight is 428 g/mol. The van der Waals surface area contributed by atoms with E-state index < -0.39 is 11.2 Å². The van der Waals surface area contributed by atoms with E-state index in [1.807, 2.05) is 54.8 Å².